The number of halogens is 1. The van der Waals surface area contributed by atoms with E-state index in [-0.39, 0.29) is 0 Å². The van der Waals surface area contributed by atoms with Gasteiger partial charge in [-0.1, -0.05) is 6.92 Å². The first-order valence-corrected chi connectivity index (χ1v) is 20.2. The van der Waals surface area contributed by atoms with Crippen molar-refractivity contribution in [1.29, 1.82) is 0 Å². The molecule has 0 aliphatic rings. The van der Waals surface area contributed by atoms with E-state index in [1.54, 1.807) is 21.8 Å². The Labute approximate surface area is 332 Å². The summed E-state index contributed by atoms with van der Waals surface area (Å²) in [6.45, 7) is 14.1. The van der Waals surface area contributed by atoms with E-state index in [2.05, 4.69) is 103 Å². The van der Waals surface area contributed by atoms with Gasteiger partial charge in [-0.2, -0.15) is 10.2 Å². The van der Waals surface area contributed by atoms with E-state index in [1.807, 2.05) is 119 Å². The van der Waals surface area contributed by atoms with Gasteiger partial charge in [0.25, 0.3) is 0 Å². The molecule has 0 saturated heterocycles. The summed E-state index contributed by atoms with van der Waals surface area (Å²) in [5.41, 5.74) is 10.3. The molecule has 0 aliphatic heterocycles. The van der Waals surface area contributed by atoms with E-state index >= 15 is 0 Å². The standard InChI is InChI=1S/C19H30N7.2C10H11N3.ClH.Ru/c1-3-18(24-8-5-21-14-24)13-19(25-9-6-22-15-25)12-17(2)26-11-10-23(16-26)7-4-20;2*1-8-3-4-11-10(5-8)13-7-9(2)6-12-13;;/h5-6,8-11,14-19H,3-4,7,12-13,20H2,1-2H3;2*3-7H,1-2H3;1H;/q+1;;;;+1/p-1. The second kappa shape index (κ2) is 21.8. The summed E-state index contributed by atoms with van der Waals surface area (Å²) in [6, 6.07) is 9.16. The molecule has 3 unspecified atom stereocenters. The molecule has 3 atom stereocenters. The molecule has 287 valence electrons. The molecule has 7 aromatic rings. The Morgan fingerprint density at radius 3 is 1.69 bits per heavy atom. The summed E-state index contributed by atoms with van der Waals surface area (Å²) in [5.74, 6) is 1.74. The van der Waals surface area contributed by atoms with E-state index in [9.17, 15) is 0 Å². The van der Waals surface area contributed by atoms with Crippen LogP contribution in [0.3, 0.4) is 0 Å². The van der Waals surface area contributed by atoms with Gasteiger partial charge in [-0.15, -0.1) is 0 Å². The van der Waals surface area contributed by atoms with E-state index in [0.29, 0.717) is 24.7 Å². The average Bonchev–Trinajstić information content (AvgIpc) is 4.03. The van der Waals surface area contributed by atoms with E-state index in [4.69, 9.17) is 5.73 Å². The minimum atomic E-state index is 0.380. The monoisotopic (exact) mass is 839 g/mol. The van der Waals surface area contributed by atoms with Gasteiger partial charge in [0.05, 0.1) is 31.1 Å². The van der Waals surface area contributed by atoms with E-state index in [1.165, 1.54) is 11.1 Å². The molecule has 15 heteroatoms. The molecule has 7 heterocycles. The molecule has 0 radical (unpaired) electrons. The van der Waals surface area contributed by atoms with Crippen LogP contribution in [0.1, 0.15) is 73.5 Å². The van der Waals surface area contributed by atoms with Crippen LogP contribution < -0.4 is 10.3 Å². The molecular weight excluding hydrogens is 787 g/mol. The summed E-state index contributed by atoms with van der Waals surface area (Å²) in [4.78, 5) is 16.9. The van der Waals surface area contributed by atoms with Gasteiger partial charge in [0.2, 0.25) is 6.33 Å². The summed E-state index contributed by atoms with van der Waals surface area (Å²) < 4.78 is 12.4. The molecule has 54 heavy (non-hydrogen) atoms. The van der Waals surface area contributed by atoms with Gasteiger partial charge < -0.3 is 14.9 Å². The van der Waals surface area contributed by atoms with Crippen LogP contribution in [-0.2, 0) is 23.9 Å². The Balaban J connectivity index is 0.000000194. The van der Waals surface area contributed by atoms with Crippen molar-refractivity contribution in [2.75, 3.05) is 6.54 Å². The Morgan fingerprint density at radius 2 is 1.26 bits per heavy atom. The SMILES string of the molecule is CCC(CC(CC(C)n1cc[n+](CCN)c1)n1ccnc1)n1ccnc1.Cc1ccnc(-n2cc(C)cn2)c1.Cc1ccnc(-n2cc(C)cn2)c1.[Cl][Ru]. The number of imidazole rings is 3. The third-order valence-electron chi connectivity index (χ3n) is 8.82. The van der Waals surface area contributed by atoms with Crippen LogP contribution in [-0.4, -0.2) is 59.7 Å². The molecule has 0 fully saturated rings. The van der Waals surface area contributed by atoms with Crippen LogP contribution in [0, 0.1) is 27.7 Å². The first-order chi connectivity index (χ1) is 26.2. The molecule has 0 aromatic carbocycles. The molecule has 0 saturated carbocycles. The summed E-state index contributed by atoms with van der Waals surface area (Å²) >= 11 is 1.82. The van der Waals surface area contributed by atoms with Crippen LogP contribution >= 0.6 is 9.69 Å². The quantitative estimate of drug-likeness (QED) is 0.106. The fraction of sp³-hybridized carbons (Fsp3) is 0.359. The van der Waals surface area contributed by atoms with Crippen molar-refractivity contribution in [3.63, 3.8) is 0 Å². The second-order valence-electron chi connectivity index (χ2n) is 13.3. The molecule has 7 aromatic heterocycles. The number of hydrogen-bond donors (Lipinski definition) is 1. The van der Waals surface area contributed by atoms with Crippen LogP contribution in [0.2, 0.25) is 0 Å². The van der Waals surface area contributed by atoms with Crippen molar-refractivity contribution >= 4 is 9.69 Å². The minimum absolute atomic E-state index is 0.380. The average molecular weight is 839 g/mol. The summed E-state index contributed by atoms with van der Waals surface area (Å²) in [7, 11) is 4.57. The third kappa shape index (κ3) is 12.7. The Bertz CT molecular complexity index is 1970. The van der Waals surface area contributed by atoms with Gasteiger partial charge in [0.1, 0.15) is 18.9 Å². The number of aryl methyl sites for hydroxylation is 4. The van der Waals surface area contributed by atoms with Crippen LogP contribution in [0.5, 0.6) is 0 Å². The zero-order chi connectivity index (χ0) is 38.9. The fourth-order valence-electron chi connectivity index (χ4n) is 5.96. The molecule has 2 N–H and O–H groups in total. The van der Waals surface area contributed by atoms with Gasteiger partial charge >= 0.3 is 27.0 Å². The van der Waals surface area contributed by atoms with Crippen molar-refractivity contribution in [3.8, 4) is 11.6 Å². The van der Waals surface area contributed by atoms with Gasteiger partial charge in [-0.3, -0.25) is 0 Å². The first-order valence-electron chi connectivity index (χ1n) is 18.0. The number of nitrogens with zero attached hydrogens (tertiary/aromatic N) is 12. The fourth-order valence-corrected chi connectivity index (χ4v) is 5.96. The molecule has 13 nitrogen and oxygen atoms in total. The number of nitrogens with two attached hydrogens (primary N) is 1. The van der Waals surface area contributed by atoms with Crippen LogP contribution in [0.4, 0.5) is 0 Å². The van der Waals surface area contributed by atoms with Crippen molar-refractivity contribution in [2.45, 2.75) is 85.5 Å². The van der Waals surface area contributed by atoms with Gasteiger partial charge in [-0.25, -0.2) is 38.4 Å². The van der Waals surface area contributed by atoms with Crippen molar-refractivity contribution in [3.05, 3.63) is 140 Å². The predicted octanol–water partition coefficient (Wildman–Crippen LogP) is 6.82. The molecule has 0 spiro atoms. The van der Waals surface area contributed by atoms with Crippen molar-refractivity contribution in [1.82, 2.24) is 53.2 Å². The summed E-state index contributed by atoms with van der Waals surface area (Å²) in [6.07, 6.45) is 32.4. The van der Waals surface area contributed by atoms with Gasteiger partial charge in [-0.05, 0) is 94.0 Å². The Hall–Kier alpha value is -4.78. The maximum atomic E-state index is 5.66. The molecule has 7 rings (SSSR count). The molecule has 0 amide bonds. The Kier molecular flexibility index (Phi) is 17.0. The topological polar surface area (TPSA) is 132 Å². The van der Waals surface area contributed by atoms with Crippen molar-refractivity contribution < 1.29 is 21.9 Å². The van der Waals surface area contributed by atoms with Crippen LogP contribution in [0.15, 0.2) is 118 Å². The van der Waals surface area contributed by atoms with E-state index in [0.717, 1.165) is 48.6 Å². The van der Waals surface area contributed by atoms with E-state index < -0.39 is 0 Å². The molecular formula is C39H52ClN13Ru+. The van der Waals surface area contributed by atoms with Gasteiger partial charge in [0, 0.05) is 74.6 Å². The summed E-state index contributed by atoms with van der Waals surface area (Å²) in [5, 5.41) is 8.36. The molecule has 0 bridgehead atoms. The first kappa shape index (κ1) is 42.0. The number of pyridine rings is 2. The Morgan fingerprint density at radius 1 is 0.722 bits per heavy atom. The number of rotatable bonds is 12. The number of hydrogen-bond acceptors (Lipinski definition) is 7. The molecule has 0 aliphatic carbocycles. The number of aromatic nitrogens is 12. The zero-order valence-electron chi connectivity index (χ0n) is 31.9. The zero-order valence-corrected chi connectivity index (χ0v) is 34.4. The van der Waals surface area contributed by atoms with Gasteiger partial charge in [0.15, 0.2) is 11.6 Å². The third-order valence-corrected chi connectivity index (χ3v) is 8.82. The maximum absolute atomic E-state index is 5.66. The van der Waals surface area contributed by atoms with Crippen LogP contribution in [0.25, 0.3) is 11.6 Å². The normalized spacial score (nSPS) is 12.3. The predicted molar refractivity (Wildman–Crippen MR) is 208 cm³/mol. The second-order valence-corrected chi connectivity index (χ2v) is 13.3. The van der Waals surface area contributed by atoms with Crippen molar-refractivity contribution in [2.24, 2.45) is 5.73 Å².